The lowest BCUT2D eigenvalue weighted by Gasteiger charge is -2.33. The second-order valence-corrected chi connectivity index (χ2v) is 6.81. The Morgan fingerprint density at radius 3 is 1.96 bits per heavy atom. The van der Waals surface area contributed by atoms with Gasteiger partial charge in [-0.05, 0) is 41.8 Å². The van der Waals surface area contributed by atoms with Gasteiger partial charge in [-0.3, -0.25) is 4.79 Å². The molecule has 1 atom stereocenters. The van der Waals surface area contributed by atoms with Crippen LogP contribution in [0.3, 0.4) is 0 Å². The molecular formula is C24H25NO3. The molecule has 0 aliphatic rings. The molecule has 0 saturated heterocycles. The van der Waals surface area contributed by atoms with E-state index in [2.05, 4.69) is 4.90 Å². The molecule has 4 heteroatoms. The highest BCUT2D eigenvalue weighted by atomic mass is 16.5. The van der Waals surface area contributed by atoms with Crippen molar-refractivity contribution in [2.45, 2.75) is 11.8 Å². The summed E-state index contributed by atoms with van der Waals surface area (Å²) in [7, 11) is 3.59. The van der Waals surface area contributed by atoms with Crippen LogP contribution in [0.15, 0.2) is 84.9 Å². The maximum Gasteiger partial charge on any atom is 0.318 e. The number of carbonyl (C=O) groups is 1. The highest BCUT2D eigenvalue weighted by Gasteiger charge is 2.42. The predicted molar refractivity (Wildman–Crippen MR) is 112 cm³/mol. The Morgan fingerprint density at radius 1 is 0.893 bits per heavy atom. The van der Waals surface area contributed by atoms with E-state index in [1.54, 1.807) is 7.11 Å². The number of carboxylic acid groups (broad SMARTS) is 1. The number of hydrogen-bond donors (Lipinski definition) is 1. The van der Waals surface area contributed by atoms with Crippen molar-refractivity contribution in [1.82, 2.24) is 0 Å². The molecule has 3 rings (SSSR count). The highest BCUT2D eigenvalue weighted by Crippen LogP contribution is 2.37. The highest BCUT2D eigenvalue weighted by molar-refractivity contribution is 5.86. The van der Waals surface area contributed by atoms with E-state index >= 15 is 0 Å². The topological polar surface area (TPSA) is 49.8 Å². The average Bonchev–Trinajstić information content (AvgIpc) is 2.75. The van der Waals surface area contributed by atoms with Crippen LogP contribution in [0.25, 0.3) is 0 Å². The number of benzene rings is 3. The summed E-state index contributed by atoms with van der Waals surface area (Å²) in [5.41, 5.74) is 1.43. The van der Waals surface area contributed by atoms with E-state index in [1.807, 2.05) is 92.0 Å². The largest absolute Gasteiger partial charge is 0.497 e. The SMILES string of the molecule is COc1ccc(C(CCN(C)c2ccccc2)(C(=O)O)c2ccccc2)cc1. The second-order valence-electron chi connectivity index (χ2n) is 6.81. The number of methoxy groups -OCH3 is 1. The van der Waals surface area contributed by atoms with Crippen molar-refractivity contribution < 1.29 is 14.6 Å². The zero-order valence-electron chi connectivity index (χ0n) is 16.2. The molecule has 28 heavy (non-hydrogen) atoms. The standard InChI is InChI=1S/C24H25NO3/c1-25(21-11-7-4-8-12-21)18-17-24(23(26)27,19-9-5-3-6-10-19)20-13-15-22(28-2)16-14-20/h3-16H,17-18H2,1-2H3,(H,26,27). The number of aliphatic carboxylic acids is 1. The van der Waals surface area contributed by atoms with Crippen molar-refractivity contribution in [2.24, 2.45) is 0 Å². The minimum atomic E-state index is -1.14. The number of rotatable bonds is 8. The quantitative estimate of drug-likeness (QED) is 0.625. The van der Waals surface area contributed by atoms with Gasteiger partial charge in [-0.15, -0.1) is 0 Å². The van der Waals surface area contributed by atoms with Crippen LogP contribution in [0.2, 0.25) is 0 Å². The van der Waals surface area contributed by atoms with E-state index in [-0.39, 0.29) is 0 Å². The summed E-state index contributed by atoms with van der Waals surface area (Å²) in [5.74, 6) is -0.150. The maximum absolute atomic E-state index is 12.7. The van der Waals surface area contributed by atoms with Gasteiger partial charge in [0.05, 0.1) is 7.11 Å². The summed E-state index contributed by atoms with van der Waals surface area (Å²) < 4.78 is 5.25. The third-order valence-corrected chi connectivity index (χ3v) is 5.23. The molecule has 0 fully saturated rings. The first-order valence-corrected chi connectivity index (χ1v) is 9.27. The molecule has 144 valence electrons. The lowest BCUT2D eigenvalue weighted by molar-refractivity contribution is -0.142. The fourth-order valence-electron chi connectivity index (χ4n) is 3.55. The van der Waals surface area contributed by atoms with Crippen LogP contribution >= 0.6 is 0 Å². The third-order valence-electron chi connectivity index (χ3n) is 5.23. The lowest BCUT2D eigenvalue weighted by Crippen LogP contribution is -2.40. The smallest absolute Gasteiger partial charge is 0.318 e. The predicted octanol–water partition coefficient (Wildman–Crippen LogP) is 4.59. The van der Waals surface area contributed by atoms with E-state index in [9.17, 15) is 9.90 Å². The molecule has 0 bridgehead atoms. The first-order chi connectivity index (χ1) is 13.6. The van der Waals surface area contributed by atoms with Gasteiger partial charge in [-0.1, -0.05) is 60.7 Å². The first kappa shape index (κ1) is 19.5. The van der Waals surface area contributed by atoms with Crippen LogP contribution in [0.1, 0.15) is 17.5 Å². The van der Waals surface area contributed by atoms with Crippen LogP contribution in [-0.2, 0) is 10.2 Å². The van der Waals surface area contributed by atoms with E-state index in [0.29, 0.717) is 18.7 Å². The zero-order chi connectivity index (χ0) is 20.0. The van der Waals surface area contributed by atoms with Crippen LogP contribution < -0.4 is 9.64 Å². The number of hydrogen-bond acceptors (Lipinski definition) is 3. The van der Waals surface area contributed by atoms with Gasteiger partial charge >= 0.3 is 5.97 Å². The van der Waals surface area contributed by atoms with Crippen LogP contribution in [0.4, 0.5) is 5.69 Å². The summed E-state index contributed by atoms with van der Waals surface area (Å²) in [5, 5.41) is 10.4. The molecule has 0 aliphatic heterocycles. The van der Waals surface area contributed by atoms with E-state index in [4.69, 9.17) is 4.74 Å². The van der Waals surface area contributed by atoms with Gasteiger partial charge < -0.3 is 14.7 Å². The summed E-state index contributed by atoms with van der Waals surface area (Å²) in [6, 6.07) is 26.8. The van der Waals surface area contributed by atoms with Gasteiger partial charge in [-0.2, -0.15) is 0 Å². The Morgan fingerprint density at radius 2 is 1.43 bits per heavy atom. The molecule has 0 amide bonds. The number of carboxylic acids is 1. The van der Waals surface area contributed by atoms with Gasteiger partial charge in [0.2, 0.25) is 0 Å². The summed E-state index contributed by atoms with van der Waals surface area (Å²) in [4.78, 5) is 14.8. The molecule has 3 aromatic rings. The first-order valence-electron chi connectivity index (χ1n) is 9.27. The number of anilines is 1. The lowest BCUT2D eigenvalue weighted by atomic mass is 9.72. The van der Waals surface area contributed by atoms with Crippen LogP contribution in [0, 0.1) is 0 Å². The molecule has 4 nitrogen and oxygen atoms in total. The molecule has 3 aromatic carbocycles. The number of nitrogens with zero attached hydrogens (tertiary/aromatic N) is 1. The van der Waals surface area contributed by atoms with Crippen molar-refractivity contribution in [3.8, 4) is 5.75 Å². The Hall–Kier alpha value is -3.27. The minimum absolute atomic E-state index is 0.435. The van der Waals surface area contributed by atoms with Gasteiger partial charge in [-0.25, -0.2) is 0 Å². The molecule has 0 aliphatic carbocycles. The Labute approximate surface area is 166 Å². The Balaban J connectivity index is 2.01. The third kappa shape index (κ3) is 3.86. The summed E-state index contributed by atoms with van der Waals surface area (Å²) in [6.45, 7) is 0.594. The molecular weight excluding hydrogens is 350 g/mol. The molecule has 0 aromatic heterocycles. The van der Waals surface area contributed by atoms with Gasteiger partial charge in [0, 0.05) is 19.3 Å². The fourth-order valence-corrected chi connectivity index (χ4v) is 3.55. The Bertz CT molecular complexity index is 894. The molecule has 0 spiro atoms. The van der Waals surface area contributed by atoms with Crippen molar-refractivity contribution in [3.63, 3.8) is 0 Å². The normalized spacial score (nSPS) is 12.8. The molecule has 0 heterocycles. The molecule has 0 radical (unpaired) electrons. The van der Waals surface area contributed by atoms with Crippen molar-refractivity contribution in [3.05, 3.63) is 96.1 Å². The minimum Gasteiger partial charge on any atom is -0.497 e. The summed E-state index contributed by atoms with van der Waals surface area (Å²) >= 11 is 0. The maximum atomic E-state index is 12.7. The average molecular weight is 375 g/mol. The van der Waals surface area contributed by atoms with Gasteiger partial charge in [0.25, 0.3) is 0 Å². The van der Waals surface area contributed by atoms with Gasteiger partial charge in [0.1, 0.15) is 11.2 Å². The Kier molecular flexibility index (Phi) is 5.99. The van der Waals surface area contributed by atoms with Crippen molar-refractivity contribution >= 4 is 11.7 Å². The molecule has 1 unspecified atom stereocenters. The van der Waals surface area contributed by atoms with Crippen molar-refractivity contribution in [2.75, 3.05) is 25.6 Å². The summed E-state index contributed by atoms with van der Waals surface area (Å²) in [6.07, 6.45) is 0.435. The monoisotopic (exact) mass is 375 g/mol. The number of ether oxygens (including phenoxy) is 1. The van der Waals surface area contributed by atoms with Crippen molar-refractivity contribution in [1.29, 1.82) is 0 Å². The zero-order valence-corrected chi connectivity index (χ0v) is 16.2. The molecule has 1 N–H and O–H groups in total. The van der Waals surface area contributed by atoms with E-state index < -0.39 is 11.4 Å². The van der Waals surface area contributed by atoms with E-state index in [1.165, 1.54) is 0 Å². The van der Waals surface area contributed by atoms with Crippen LogP contribution in [0.5, 0.6) is 5.75 Å². The fraction of sp³-hybridized carbons (Fsp3) is 0.208. The van der Waals surface area contributed by atoms with E-state index in [0.717, 1.165) is 16.8 Å². The van der Waals surface area contributed by atoms with Crippen LogP contribution in [-0.4, -0.2) is 31.8 Å². The number of para-hydroxylation sites is 1. The second kappa shape index (κ2) is 8.61. The molecule has 0 saturated carbocycles. The van der Waals surface area contributed by atoms with Gasteiger partial charge in [0.15, 0.2) is 0 Å².